The van der Waals surface area contributed by atoms with Gasteiger partial charge in [0.1, 0.15) is 4.90 Å². The molecule has 3 aromatic carbocycles. The van der Waals surface area contributed by atoms with Crippen LogP contribution in [0.2, 0.25) is 0 Å². The van der Waals surface area contributed by atoms with Crippen LogP contribution in [0.1, 0.15) is 5.56 Å². The molecule has 0 fully saturated rings. The van der Waals surface area contributed by atoms with Crippen molar-refractivity contribution < 1.29 is 26.4 Å². The van der Waals surface area contributed by atoms with E-state index < -0.39 is 21.5 Å². The van der Waals surface area contributed by atoms with Crippen molar-refractivity contribution in [3.05, 3.63) is 89.5 Å². The van der Waals surface area contributed by atoms with E-state index in [9.17, 15) is 17.2 Å². The Bertz CT molecular complexity index is 1460. The maximum atomic E-state index is 13.7. The highest BCUT2D eigenvalue weighted by Crippen LogP contribution is 2.28. The molecule has 0 saturated carbocycles. The topological polar surface area (TPSA) is 68.9 Å². The van der Waals surface area contributed by atoms with E-state index >= 15 is 0 Å². The molecule has 0 spiro atoms. The zero-order valence-electron chi connectivity index (χ0n) is 16.6. The first-order chi connectivity index (χ1) is 14.8. The Morgan fingerprint density at radius 2 is 1.68 bits per heavy atom. The molecule has 0 aliphatic heterocycles. The summed E-state index contributed by atoms with van der Waals surface area (Å²) in [6, 6.07) is 15.8. The molecule has 1 heterocycles. The summed E-state index contributed by atoms with van der Waals surface area (Å²) in [6.45, 7) is 1.85. The lowest BCUT2D eigenvalue weighted by Gasteiger charge is -2.09. The van der Waals surface area contributed by atoms with Gasteiger partial charge in [-0.2, -0.15) is 0 Å². The van der Waals surface area contributed by atoms with Crippen LogP contribution in [-0.2, 0) is 9.84 Å². The summed E-state index contributed by atoms with van der Waals surface area (Å²) in [6.07, 6.45) is 0. The second-order valence-corrected chi connectivity index (χ2v) is 8.74. The molecule has 4 rings (SSSR count). The molecule has 0 unspecified atom stereocenters. The summed E-state index contributed by atoms with van der Waals surface area (Å²) in [4.78, 5) is 4.02. The monoisotopic (exact) mass is 441 g/mol. The third-order valence-electron chi connectivity index (χ3n) is 4.68. The van der Waals surface area contributed by atoms with Crippen LogP contribution in [0.4, 0.5) is 14.5 Å². The lowest BCUT2D eigenvalue weighted by atomic mass is 10.2. The molecule has 0 N–H and O–H groups in total. The molecular formula is C23H17F2NO4S. The summed E-state index contributed by atoms with van der Waals surface area (Å²) < 4.78 is 64.9. The van der Waals surface area contributed by atoms with E-state index in [4.69, 9.17) is 9.15 Å². The quantitative estimate of drug-likeness (QED) is 0.442. The number of hydrogen-bond donors (Lipinski definition) is 0. The summed E-state index contributed by atoms with van der Waals surface area (Å²) in [5.41, 5.74) is 0.897. The molecular weight excluding hydrogens is 424 g/mol. The zero-order chi connectivity index (χ0) is 22.2. The number of rotatable bonds is 4. The number of halogens is 2. The lowest BCUT2D eigenvalue weighted by molar-refractivity contribution is 0.404. The molecule has 5 nitrogen and oxygen atoms in total. The molecule has 0 aliphatic rings. The van der Waals surface area contributed by atoms with Crippen molar-refractivity contribution in [2.45, 2.75) is 16.7 Å². The molecule has 158 valence electrons. The van der Waals surface area contributed by atoms with Crippen molar-refractivity contribution in [2.75, 3.05) is 7.11 Å². The van der Waals surface area contributed by atoms with Crippen molar-refractivity contribution in [3.8, 4) is 5.75 Å². The van der Waals surface area contributed by atoms with E-state index in [-0.39, 0.29) is 26.6 Å². The summed E-state index contributed by atoms with van der Waals surface area (Å²) in [5.74, 6) is -1.77. The van der Waals surface area contributed by atoms with E-state index in [0.29, 0.717) is 11.1 Å². The summed E-state index contributed by atoms with van der Waals surface area (Å²) in [7, 11) is -2.58. The molecule has 8 heteroatoms. The smallest absolute Gasteiger partial charge is 0.239 e. The predicted octanol–water partition coefficient (Wildman–Crippen LogP) is 5.09. The number of aryl methyl sites for hydroxylation is 1. The minimum atomic E-state index is -4.03. The number of benzene rings is 3. The average Bonchev–Trinajstić information content (AvgIpc) is 2.75. The minimum Gasteiger partial charge on any atom is -0.493 e. The van der Waals surface area contributed by atoms with E-state index in [1.165, 1.54) is 31.4 Å². The van der Waals surface area contributed by atoms with Crippen molar-refractivity contribution in [1.82, 2.24) is 0 Å². The van der Waals surface area contributed by atoms with Crippen molar-refractivity contribution in [1.29, 1.82) is 0 Å². The van der Waals surface area contributed by atoms with Gasteiger partial charge in [0, 0.05) is 11.5 Å². The van der Waals surface area contributed by atoms with Crippen LogP contribution in [0.15, 0.2) is 85.9 Å². The molecule has 0 atom stereocenters. The molecule has 31 heavy (non-hydrogen) atoms. The van der Waals surface area contributed by atoms with Gasteiger partial charge in [-0.15, -0.1) is 0 Å². The van der Waals surface area contributed by atoms with Gasteiger partial charge < -0.3 is 9.15 Å². The number of nitrogens with zero attached hydrogens (tertiary/aromatic N) is 1. The number of methoxy groups -OCH3 is 1. The highest BCUT2D eigenvalue weighted by Gasteiger charge is 2.23. The number of fused-ring (bicyclic) bond motifs is 1. The molecule has 0 bridgehead atoms. The number of hydrogen-bond acceptors (Lipinski definition) is 5. The molecule has 0 aliphatic carbocycles. The van der Waals surface area contributed by atoms with Crippen molar-refractivity contribution >= 4 is 26.5 Å². The Morgan fingerprint density at radius 1 is 0.935 bits per heavy atom. The van der Waals surface area contributed by atoms with Crippen LogP contribution in [0, 0.1) is 18.6 Å². The van der Waals surface area contributed by atoms with Gasteiger partial charge in [0.25, 0.3) is 0 Å². The number of ether oxygens (including phenoxy) is 1. The Balaban J connectivity index is 2.05. The van der Waals surface area contributed by atoms with Crippen LogP contribution in [-0.4, -0.2) is 15.5 Å². The first-order valence-corrected chi connectivity index (χ1v) is 10.7. The molecule has 0 amide bonds. The highest BCUT2D eigenvalue weighted by atomic mass is 32.2. The minimum absolute atomic E-state index is 0.00254. The number of sulfone groups is 1. The first kappa shape index (κ1) is 20.7. The Hall–Kier alpha value is -3.52. The molecule has 1 aromatic heterocycles. The fraction of sp³-hybridized carbons (Fsp3) is 0.0870. The largest absolute Gasteiger partial charge is 0.493 e. The van der Waals surface area contributed by atoms with Gasteiger partial charge in [0.15, 0.2) is 23.0 Å². The van der Waals surface area contributed by atoms with Crippen LogP contribution in [0.5, 0.6) is 5.75 Å². The van der Waals surface area contributed by atoms with Gasteiger partial charge in [-0.25, -0.2) is 22.2 Å². The van der Waals surface area contributed by atoms with Gasteiger partial charge in [0.2, 0.25) is 15.4 Å². The van der Waals surface area contributed by atoms with Crippen LogP contribution < -0.4 is 10.3 Å². The first-order valence-electron chi connectivity index (χ1n) is 9.22. The van der Waals surface area contributed by atoms with Gasteiger partial charge >= 0.3 is 0 Å². The maximum absolute atomic E-state index is 13.7. The summed E-state index contributed by atoms with van der Waals surface area (Å²) in [5, 5.41) is 0.481. The normalized spacial score (nSPS) is 12.3. The van der Waals surface area contributed by atoms with Crippen molar-refractivity contribution in [2.24, 2.45) is 4.99 Å². The molecule has 0 saturated heterocycles. The molecule has 4 aromatic rings. The van der Waals surface area contributed by atoms with E-state index in [2.05, 4.69) is 4.99 Å². The SMILES string of the molecule is COc1cccc2cc(S(=O)(=O)c3ccc(C)cc3)c(=Nc3ccc(F)c(F)c3)oc12. The number of para-hydroxylation sites is 1. The average molecular weight is 441 g/mol. The Kier molecular flexibility index (Phi) is 5.32. The second kappa shape index (κ2) is 7.96. The second-order valence-electron chi connectivity index (χ2n) is 6.82. The zero-order valence-corrected chi connectivity index (χ0v) is 17.4. The lowest BCUT2D eigenvalue weighted by Crippen LogP contribution is -2.16. The molecule has 0 radical (unpaired) electrons. The Morgan fingerprint density at radius 3 is 2.35 bits per heavy atom. The van der Waals surface area contributed by atoms with Gasteiger partial charge in [-0.05, 0) is 43.3 Å². The third-order valence-corrected chi connectivity index (χ3v) is 6.44. The van der Waals surface area contributed by atoms with Gasteiger partial charge in [0.05, 0.1) is 17.7 Å². The van der Waals surface area contributed by atoms with Crippen LogP contribution >= 0.6 is 0 Å². The van der Waals surface area contributed by atoms with Crippen LogP contribution in [0.25, 0.3) is 11.0 Å². The van der Waals surface area contributed by atoms with Gasteiger partial charge in [-0.3, -0.25) is 0 Å². The van der Waals surface area contributed by atoms with Gasteiger partial charge in [-0.1, -0.05) is 29.8 Å². The van der Waals surface area contributed by atoms with Crippen LogP contribution in [0.3, 0.4) is 0 Å². The van der Waals surface area contributed by atoms with E-state index in [1.807, 2.05) is 6.92 Å². The third kappa shape index (κ3) is 3.94. The summed E-state index contributed by atoms with van der Waals surface area (Å²) >= 11 is 0. The van der Waals surface area contributed by atoms with Crippen molar-refractivity contribution in [3.63, 3.8) is 0 Å². The highest BCUT2D eigenvalue weighted by molar-refractivity contribution is 7.91. The van der Waals surface area contributed by atoms with E-state index in [0.717, 1.165) is 17.7 Å². The standard InChI is InChI=1S/C23H17F2NO4S/c1-14-6-9-17(10-7-14)31(27,28)21-12-15-4-3-5-20(29-2)22(15)30-23(21)26-16-8-11-18(24)19(25)13-16/h3-13H,1-2H3. The predicted molar refractivity (Wildman–Crippen MR) is 111 cm³/mol. The fourth-order valence-electron chi connectivity index (χ4n) is 3.05. The maximum Gasteiger partial charge on any atom is 0.239 e. The Labute approximate surface area is 177 Å². The van der Waals surface area contributed by atoms with E-state index in [1.54, 1.807) is 30.3 Å². The fourth-order valence-corrected chi connectivity index (χ4v) is 4.40.